The summed E-state index contributed by atoms with van der Waals surface area (Å²) in [6.07, 6.45) is 6.78. The number of Topliss-reactive ketones (excluding diaryl/α,β-unsaturated/α-hetero) is 1. The van der Waals surface area contributed by atoms with Gasteiger partial charge in [-0.25, -0.2) is 0 Å². The fraction of sp³-hybridized carbons (Fsp3) is 0.260. The van der Waals surface area contributed by atoms with Gasteiger partial charge in [0, 0.05) is 57.6 Å². The Balaban J connectivity index is 1.75. The lowest BCUT2D eigenvalue weighted by Gasteiger charge is -2.37. The van der Waals surface area contributed by atoms with Gasteiger partial charge in [-0.2, -0.15) is 0 Å². The van der Waals surface area contributed by atoms with E-state index in [9.17, 15) is 33.9 Å². The van der Waals surface area contributed by atoms with Crippen molar-refractivity contribution in [1.82, 2.24) is 0 Å². The molecule has 1 N–H and O–H groups in total. The van der Waals surface area contributed by atoms with Crippen molar-refractivity contribution >= 4 is 47.5 Å². The number of carbonyl (C=O) groups excluding carboxylic acids is 7. The number of allylic oxidation sites excluding steroid dienone is 5. The Morgan fingerprint density at radius 3 is 1.71 bits per heavy atom. The average molecular weight is 857 g/mol. The fourth-order valence-corrected chi connectivity index (χ4v) is 7.51. The number of carbonyl (C=O) groups is 7. The van der Waals surface area contributed by atoms with E-state index in [1.54, 1.807) is 54.6 Å². The smallest absolute Gasteiger partial charge is 0.308 e. The van der Waals surface area contributed by atoms with E-state index in [1.165, 1.54) is 71.0 Å². The molecule has 0 aliphatic heterocycles. The Bertz CT molecular complexity index is 2550. The van der Waals surface area contributed by atoms with Crippen LogP contribution in [0.15, 0.2) is 102 Å². The molecule has 13 nitrogen and oxygen atoms in total. The summed E-state index contributed by atoms with van der Waals surface area (Å²) in [6.45, 7) is 11.7. The van der Waals surface area contributed by atoms with Crippen LogP contribution in [0.2, 0.25) is 0 Å². The maximum Gasteiger partial charge on any atom is 0.308 e. The van der Waals surface area contributed by atoms with Gasteiger partial charge in [0.05, 0.1) is 11.1 Å². The third-order valence-corrected chi connectivity index (χ3v) is 9.99. The normalized spacial score (nSPS) is 15.7. The third-order valence-electron chi connectivity index (χ3n) is 9.99. The van der Waals surface area contributed by atoms with Crippen LogP contribution in [-0.4, -0.2) is 46.5 Å². The van der Waals surface area contributed by atoms with Gasteiger partial charge in [0.15, 0.2) is 11.6 Å². The predicted molar refractivity (Wildman–Crippen MR) is 232 cm³/mol. The maximum absolute atomic E-state index is 15.6. The highest BCUT2D eigenvalue weighted by Crippen LogP contribution is 2.52. The second kappa shape index (κ2) is 20.4. The highest BCUT2D eigenvalue weighted by molar-refractivity contribution is 6.09. The molecule has 0 bridgehead atoms. The Morgan fingerprint density at radius 1 is 0.635 bits per heavy atom. The van der Waals surface area contributed by atoms with Gasteiger partial charge in [0.25, 0.3) is 0 Å². The first-order valence-corrected chi connectivity index (χ1v) is 20.0. The number of hydrogen-bond acceptors (Lipinski definition) is 13. The monoisotopic (exact) mass is 856 g/mol. The quantitative estimate of drug-likeness (QED) is 0.0416. The van der Waals surface area contributed by atoms with Crippen molar-refractivity contribution in [3.8, 4) is 34.5 Å². The Labute approximate surface area is 365 Å². The standard InChI is InChI=1S/C50H48O13/c1-27(2)9-19-39-44(61-31(6)53)23-21-40(50(39)63-33(8)55)49(58)46-41(35-13-17-37(18-14-35)60-30(5)52)25-28(3)26-42(46)47-45(62-32(7)54)24-20-38(48(47)57)43(56)22-12-34-10-15-36(16-11-34)59-29(4)51/h9-18,20-24,26,41-42,46,57H,19,25H2,1-8H3. The van der Waals surface area contributed by atoms with Crippen LogP contribution in [0, 0.1) is 5.92 Å². The average Bonchev–Trinajstić information content (AvgIpc) is 3.19. The minimum absolute atomic E-state index is 0.0237. The molecule has 0 radical (unpaired) electrons. The molecule has 3 unspecified atom stereocenters. The van der Waals surface area contributed by atoms with Crippen LogP contribution in [0.4, 0.5) is 0 Å². The van der Waals surface area contributed by atoms with Crippen LogP contribution in [0.25, 0.3) is 6.08 Å². The molecule has 0 aromatic heterocycles. The molecule has 1 aliphatic rings. The van der Waals surface area contributed by atoms with Crippen molar-refractivity contribution in [3.05, 3.63) is 136 Å². The molecule has 4 aromatic carbocycles. The predicted octanol–water partition coefficient (Wildman–Crippen LogP) is 9.14. The number of benzene rings is 4. The molecule has 1 aliphatic carbocycles. The van der Waals surface area contributed by atoms with Crippen LogP contribution in [0.1, 0.15) is 117 Å². The van der Waals surface area contributed by atoms with Gasteiger partial charge >= 0.3 is 29.8 Å². The molecule has 0 heterocycles. The zero-order valence-corrected chi connectivity index (χ0v) is 36.2. The SMILES string of the molecule is CC(=O)Oc1ccc(C=CC(=O)c2ccc(OC(C)=O)c(C3C=C(C)CC(c4ccc(OC(C)=O)cc4)C3C(=O)c3ccc(OC(C)=O)c(CC=C(C)C)c3OC(C)=O)c2O)cc1. The van der Waals surface area contributed by atoms with Gasteiger partial charge in [-0.3, -0.25) is 33.6 Å². The van der Waals surface area contributed by atoms with E-state index in [0.29, 0.717) is 23.3 Å². The summed E-state index contributed by atoms with van der Waals surface area (Å²) in [7, 11) is 0. The molecule has 63 heavy (non-hydrogen) atoms. The van der Waals surface area contributed by atoms with Crippen LogP contribution in [0.5, 0.6) is 34.5 Å². The van der Waals surface area contributed by atoms with Crippen molar-refractivity contribution < 1.29 is 62.4 Å². The van der Waals surface area contributed by atoms with Gasteiger partial charge in [0.1, 0.15) is 34.5 Å². The lowest BCUT2D eigenvalue weighted by Crippen LogP contribution is -2.32. The molecule has 0 spiro atoms. The van der Waals surface area contributed by atoms with Gasteiger partial charge in [-0.1, -0.05) is 53.6 Å². The van der Waals surface area contributed by atoms with E-state index < -0.39 is 64.9 Å². The highest BCUT2D eigenvalue weighted by Gasteiger charge is 2.43. The molecule has 3 atom stereocenters. The lowest BCUT2D eigenvalue weighted by atomic mass is 9.65. The van der Waals surface area contributed by atoms with E-state index >= 15 is 4.79 Å². The number of hydrogen-bond donors (Lipinski definition) is 1. The fourth-order valence-electron chi connectivity index (χ4n) is 7.51. The van der Waals surface area contributed by atoms with Crippen LogP contribution in [0.3, 0.4) is 0 Å². The topological polar surface area (TPSA) is 186 Å². The summed E-state index contributed by atoms with van der Waals surface area (Å²) in [5.74, 6) is -7.30. The summed E-state index contributed by atoms with van der Waals surface area (Å²) >= 11 is 0. The number of ether oxygens (including phenoxy) is 5. The number of phenolic OH excluding ortho intramolecular Hbond substituents is 1. The minimum atomic E-state index is -1.14. The number of rotatable bonds is 14. The summed E-state index contributed by atoms with van der Waals surface area (Å²) in [5.41, 5.74) is 2.95. The molecule has 4 aromatic rings. The van der Waals surface area contributed by atoms with Crippen molar-refractivity contribution in [1.29, 1.82) is 0 Å². The second-order valence-electron chi connectivity index (χ2n) is 15.3. The molecule has 0 fully saturated rings. The zero-order chi connectivity index (χ0) is 46.1. The van der Waals surface area contributed by atoms with Gasteiger partial charge in [-0.15, -0.1) is 0 Å². The highest BCUT2D eigenvalue weighted by atomic mass is 16.6. The lowest BCUT2D eigenvalue weighted by molar-refractivity contribution is -0.133. The van der Waals surface area contributed by atoms with Crippen molar-refractivity contribution in [2.24, 2.45) is 5.92 Å². The summed E-state index contributed by atoms with van der Waals surface area (Å²) < 4.78 is 27.4. The third kappa shape index (κ3) is 11.9. The molecule has 13 heteroatoms. The first-order valence-electron chi connectivity index (χ1n) is 20.0. The molecule has 0 saturated heterocycles. The van der Waals surface area contributed by atoms with Gasteiger partial charge < -0.3 is 28.8 Å². The Morgan fingerprint density at radius 2 is 1.16 bits per heavy atom. The van der Waals surface area contributed by atoms with E-state index in [4.69, 9.17) is 23.7 Å². The summed E-state index contributed by atoms with van der Waals surface area (Å²) in [4.78, 5) is 90.2. The Hall–Kier alpha value is -7.41. The van der Waals surface area contributed by atoms with Crippen LogP contribution >= 0.6 is 0 Å². The molecule has 5 rings (SSSR count). The van der Waals surface area contributed by atoms with Crippen molar-refractivity contribution in [2.45, 2.75) is 80.1 Å². The molecule has 0 saturated carbocycles. The molecule has 0 amide bonds. The summed E-state index contributed by atoms with van der Waals surface area (Å²) in [6, 6.07) is 18.6. The van der Waals surface area contributed by atoms with Gasteiger partial charge in [0.2, 0.25) is 0 Å². The first kappa shape index (κ1) is 46.7. The van der Waals surface area contributed by atoms with E-state index in [0.717, 1.165) is 11.1 Å². The van der Waals surface area contributed by atoms with Crippen LogP contribution in [-0.2, 0) is 30.4 Å². The number of ketones is 2. The Kier molecular flexibility index (Phi) is 15.1. The van der Waals surface area contributed by atoms with E-state index in [-0.39, 0.29) is 51.7 Å². The first-order chi connectivity index (χ1) is 29.8. The number of esters is 5. The summed E-state index contributed by atoms with van der Waals surface area (Å²) in [5, 5.41) is 12.2. The maximum atomic E-state index is 15.6. The number of aromatic hydroxyl groups is 1. The zero-order valence-electron chi connectivity index (χ0n) is 36.2. The second-order valence-corrected chi connectivity index (χ2v) is 15.3. The molecular formula is C50H48O13. The minimum Gasteiger partial charge on any atom is -0.507 e. The van der Waals surface area contributed by atoms with E-state index in [2.05, 4.69) is 0 Å². The largest absolute Gasteiger partial charge is 0.507 e. The van der Waals surface area contributed by atoms with E-state index in [1.807, 2.05) is 26.8 Å². The van der Waals surface area contributed by atoms with Gasteiger partial charge in [-0.05, 0) is 105 Å². The van der Waals surface area contributed by atoms with Crippen molar-refractivity contribution in [2.75, 3.05) is 0 Å². The number of phenols is 1. The molecular weight excluding hydrogens is 809 g/mol. The van der Waals surface area contributed by atoms with Crippen molar-refractivity contribution in [3.63, 3.8) is 0 Å². The van der Waals surface area contributed by atoms with Crippen LogP contribution < -0.4 is 23.7 Å². The molecule has 326 valence electrons.